The third-order valence-corrected chi connectivity index (χ3v) is 6.45. The highest BCUT2D eigenvalue weighted by Gasteiger charge is 2.74. The fourth-order valence-corrected chi connectivity index (χ4v) is 5.28. The number of hydrogen-bond acceptors (Lipinski definition) is 5. The van der Waals surface area contributed by atoms with E-state index in [1.54, 1.807) is 29.6 Å². The molecule has 2 fully saturated rings. The third kappa shape index (κ3) is 2.43. The average molecular weight is 405 g/mol. The number of nitrogens with zero attached hydrogens (tertiary/aromatic N) is 1. The highest BCUT2D eigenvalue weighted by Crippen LogP contribution is 2.49. The molecule has 3 N–H and O–H groups in total. The summed E-state index contributed by atoms with van der Waals surface area (Å²) in [7, 11) is 0. The zero-order valence-corrected chi connectivity index (χ0v) is 15.9. The molecular weight excluding hydrogens is 386 g/mol. The molecule has 8 heteroatoms. The van der Waals surface area contributed by atoms with Crippen molar-refractivity contribution in [1.29, 1.82) is 0 Å². The van der Waals surface area contributed by atoms with Gasteiger partial charge < -0.3 is 20.5 Å². The molecular formula is C22H19N3O5. The van der Waals surface area contributed by atoms with Crippen LogP contribution in [0.15, 0.2) is 54.6 Å². The van der Waals surface area contributed by atoms with Crippen LogP contribution in [0.4, 0.5) is 5.69 Å². The van der Waals surface area contributed by atoms with Crippen molar-refractivity contribution in [3.63, 3.8) is 0 Å². The van der Waals surface area contributed by atoms with Crippen molar-refractivity contribution in [3.05, 3.63) is 65.7 Å². The summed E-state index contributed by atoms with van der Waals surface area (Å²) in [5.41, 5.74) is 0.603. The van der Waals surface area contributed by atoms with Crippen LogP contribution < -0.4 is 15.7 Å². The molecule has 0 aliphatic carbocycles. The lowest BCUT2D eigenvalue weighted by Crippen LogP contribution is -2.99. The van der Waals surface area contributed by atoms with Crippen LogP contribution in [0, 0.1) is 11.8 Å². The fraction of sp³-hybridized carbons (Fsp3) is 0.273. The van der Waals surface area contributed by atoms with Gasteiger partial charge in [0.25, 0.3) is 5.91 Å². The Hall–Kier alpha value is -3.52. The van der Waals surface area contributed by atoms with E-state index in [0.717, 1.165) is 10.5 Å². The second-order valence-corrected chi connectivity index (χ2v) is 8.03. The number of likely N-dealkylation sites (tertiary alicyclic amines) is 1. The number of nitrogens with two attached hydrogens (primary N) is 1. The van der Waals surface area contributed by atoms with Gasteiger partial charge in [-0.25, -0.2) is 0 Å². The zero-order chi connectivity index (χ0) is 21.0. The number of anilines is 1. The number of nitrogens with one attached hydrogen (secondary N) is 1. The topological polar surface area (TPSA) is 123 Å². The van der Waals surface area contributed by atoms with Gasteiger partial charge in [-0.3, -0.25) is 19.3 Å². The van der Waals surface area contributed by atoms with Gasteiger partial charge in [0.2, 0.25) is 17.4 Å². The van der Waals surface area contributed by atoms with Crippen molar-refractivity contribution < 1.29 is 29.6 Å². The minimum Gasteiger partial charge on any atom is -0.550 e. The minimum absolute atomic E-state index is 0.0862. The molecule has 4 atom stereocenters. The molecule has 30 heavy (non-hydrogen) atoms. The summed E-state index contributed by atoms with van der Waals surface area (Å²) in [5.74, 6) is -4.48. The molecule has 2 aromatic rings. The number of para-hydroxylation sites is 1. The third-order valence-electron chi connectivity index (χ3n) is 6.45. The molecule has 3 aliphatic heterocycles. The molecule has 2 aromatic carbocycles. The Bertz CT molecular complexity index is 1090. The Labute approximate surface area is 171 Å². The Morgan fingerprint density at radius 1 is 1.03 bits per heavy atom. The number of carboxylic acids is 1. The number of hydrogen-bond donors (Lipinski definition) is 2. The zero-order valence-electron chi connectivity index (χ0n) is 15.9. The Morgan fingerprint density at radius 3 is 2.47 bits per heavy atom. The number of amides is 3. The van der Waals surface area contributed by atoms with Crippen LogP contribution in [0.1, 0.15) is 17.5 Å². The van der Waals surface area contributed by atoms with Gasteiger partial charge in [0.15, 0.2) is 0 Å². The summed E-state index contributed by atoms with van der Waals surface area (Å²) in [6.07, 6.45) is -0.420. The lowest BCUT2D eigenvalue weighted by atomic mass is 9.76. The summed E-state index contributed by atoms with van der Waals surface area (Å²) in [5, 5.41) is 15.8. The van der Waals surface area contributed by atoms with Gasteiger partial charge in [-0.15, -0.1) is 0 Å². The largest absolute Gasteiger partial charge is 0.550 e. The molecule has 0 aromatic heterocycles. The number of rotatable bonds is 4. The molecule has 152 valence electrons. The lowest BCUT2D eigenvalue weighted by Gasteiger charge is -2.26. The van der Waals surface area contributed by atoms with Crippen LogP contribution in [0.2, 0.25) is 0 Å². The summed E-state index contributed by atoms with van der Waals surface area (Å²) in [6.45, 7) is 0.0862. The number of imide groups is 1. The van der Waals surface area contributed by atoms with Gasteiger partial charge in [0.05, 0.1) is 12.2 Å². The summed E-state index contributed by atoms with van der Waals surface area (Å²) in [6, 6.07) is 15.3. The molecule has 8 nitrogen and oxygen atoms in total. The first-order chi connectivity index (χ1) is 14.4. The summed E-state index contributed by atoms with van der Waals surface area (Å²) in [4.78, 5) is 52.5. The number of carbonyl (C=O) groups excluding carboxylic acids is 4. The van der Waals surface area contributed by atoms with Crippen molar-refractivity contribution in [2.24, 2.45) is 11.8 Å². The van der Waals surface area contributed by atoms with E-state index >= 15 is 0 Å². The normalized spacial score (nSPS) is 29.3. The predicted octanol–water partition coefficient (Wildman–Crippen LogP) is -1.28. The van der Waals surface area contributed by atoms with E-state index in [1.165, 1.54) is 0 Å². The molecule has 3 heterocycles. The molecule has 0 radical (unpaired) electrons. The standard InChI is InChI=1S/C22H19N3O5/c26-16(27)10-15-17-18(20(29)25(19(17)28)11-12-6-2-1-3-7-12)22(24-15)13-8-4-5-9-14(13)23-21(22)30/h1-9,15,17-18,24H,10-11H2,(H,23,30)(H,26,27)/t15-,17+,18-,22+/m1/s1. The summed E-state index contributed by atoms with van der Waals surface area (Å²) < 4.78 is 0. The van der Waals surface area contributed by atoms with E-state index in [0.29, 0.717) is 11.3 Å². The average Bonchev–Trinajstić information content (AvgIpc) is 3.29. The second kappa shape index (κ2) is 6.50. The number of carboxylic acid groups (broad SMARTS) is 1. The van der Waals surface area contributed by atoms with Gasteiger partial charge in [-0.2, -0.15) is 0 Å². The van der Waals surface area contributed by atoms with Crippen LogP contribution in [0.3, 0.4) is 0 Å². The van der Waals surface area contributed by atoms with Crippen LogP contribution in [-0.4, -0.2) is 34.6 Å². The van der Waals surface area contributed by atoms with E-state index in [9.17, 15) is 24.3 Å². The SMILES string of the molecule is O=C([O-])C[C@H]1[NH2+][C@]2(C(=O)Nc3ccccc32)[C@H]2C(=O)N(Cc3ccccc3)C(=O)[C@@H]12. The number of benzene rings is 2. The molecule has 3 amide bonds. The van der Waals surface area contributed by atoms with Crippen molar-refractivity contribution in [1.82, 2.24) is 4.90 Å². The minimum atomic E-state index is -1.36. The summed E-state index contributed by atoms with van der Waals surface area (Å²) >= 11 is 0. The molecule has 2 saturated heterocycles. The van der Waals surface area contributed by atoms with Crippen molar-refractivity contribution in [2.45, 2.75) is 24.5 Å². The second-order valence-electron chi connectivity index (χ2n) is 8.03. The number of fused-ring (bicyclic) bond motifs is 4. The van der Waals surface area contributed by atoms with E-state index in [-0.39, 0.29) is 6.54 Å². The van der Waals surface area contributed by atoms with Crippen LogP contribution in [0.25, 0.3) is 0 Å². The van der Waals surface area contributed by atoms with Gasteiger partial charge in [0, 0.05) is 18.0 Å². The molecule has 0 unspecified atom stereocenters. The van der Waals surface area contributed by atoms with Crippen LogP contribution in [-0.2, 0) is 31.3 Å². The smallest absolute Gasteiger partial charge is 0.291 e. The highest BCUT2D eigenvalue weighted by molar-refractivity contribution is 6.13. The maximum atomic E-state index is 13.5. The molecule has 0 saturated carbocycles. The Balaban J connectivity index is 1.61. The first-order valence-corrected chi connectivity index (χ1v) is 9.79. The Morgan fingerprint density at radius 2 is 1.73 bits per heavy atom. The van der Waals surface area contributed by atoms with Crippen LogP contribution in [0.5, 0.6) is 0 Å². The Kier molecular flexibility index (Phi) is 4.01. The van der Waals surface area contributed by atoms with Crippen LogP contribution >= 0.6 is 0 Å². The highest BCUT2D eigenvalue weighted by atomic mass is 16.4. The predicted molar refractivity (Wildman–Crippen MR) is 101 cm³/mol. The van der Waals surface area contributed by atoms with Gasteiger partial charge in [0.1, 0.15) is 17.9 Å². The molecule has 3 aliphatic rings. The number of quaternary nitrogens is 1. The van der Waals surface area contributed by atoms with E-state index < -0.39 is 53.5 Å². The van der Waals surface area contributed by atoms with Crippen molar-refractivity contribution in [2.75, 3.05) is 5.32 Å². The van der Waals surface area contributed by atoms with E-state index in [2.05, 4.69) is 5.32 Å². The molecule has 5 rings (SSSR count). The number of carbonyl (C=O) groups is 4. The fourth-order valence-electron chi connectivity index (χ4n) is 5.28. The lowest BCUT2D eigenvalue weighted by molar-refractivity contribution is -0.733. The van der Waals surface area contributed by atoms with Gasteiger partial charge >= 0.3 is 0 Å². The first kappa shape index (κ1) is 18.5. The number of aliphatic carboxylic acids is 1. The van der Waals surface area contributed by atoms with E-state index in [4.69, 9.17) is 0 Å². The van der Waals surface area contributed by atoms with Crippen molar-refractivity contribution >= 4 is 29.4 Å². The first-order valence-electron chi connectivity index (χ1n) is 9.79. The van der Waals surface area contributed by atoms with E-state index in [1.807, 2.05) is 30.3 Å². The van der Waals surface area contributed by atoms with Gasteiger partial charge in [-0.05, 0) is 11.6 Å². The van der Waals surface area contributed by atoms with Gasteiger partial charge in [-0.1, -0.05) is 48.5 Å². The monoisotopic (exact) mass is 405 g/mol. The quantitative estimate of drug-likeness (QED) is 0.614. The maximum Gasteiger partial charge on any atom is 0.291 e. The molecule has 0 bridgehead atoms. The maximum absolute atomic E-state index is 13.5. The molecule has 1 spiro atoms. The van der Waals surface area contributed by atoms with Crippen molar-refractivity contribution in [3.8, 4) is 0 Å².